The maximum absolute atomic E-state index is 5.70. The van der Waals surface area contributed by atoms with E-state index in [1.54, 1.807) is 0 Å². The van der Waals surface area contributed by atoms with Gasteiger partial charge in [0.2, 0.25) is 0 Å². The molecular formula is C16H25NO. The van der Waals surface area contributed by atoms with Gasteiger partial charge in [0.15, 0.2) is 0 Å². The molecule has 2 rings (SSSR count). The molecule has 2 heteroatoms. The van der Waals surface area contributed by atoms with Crippen molar-refractivity contribution in [1.82, 2.24) is 5.32 Å². The number of rotatable bonds is 5. The molecule has 1 aromatic rings. The van der Waals surface area contributed by atoms with Crippen LogP contribution in [0.2, 0.25) is 0 Å². The number of aryl methyl sites for hydroxylation is 1. The summed E-state index contributed by atoms with van der Waals surface area (Å²) in [5, 5.41) is 3.49. The average Bonchev–Trinajstić information content (AvgIpc) is 2.38. The van der Waals surface area contributed by atoms with Crippen LogP contribution in [0.5, 0.6) is 0 Å². The Balaban J connectivity index is 2.01. The predicted molar refractivity (Wildman–Crippen MR) is 75.8 cm³/mol. The summed E-state index contributed by atoms with van der Waals surface area (Å²) in [6, 6.07) is 9.32. The number of hydrogen-bond donors (Lipinski definition) is 1. The molecule has 1 aliphatic carbocycles. The molecular weight excluding hydrogens is 222 g/mol. The SMILES string of the molecule is CNC1c2ccccc2CCC1CCOC(C)C. The van der Waals surface area contributed by atoms with E-state index in [4.69, 9.17) is 4.74 Å². The average molecular weight is 247 g/mol. The lowest BCUT2D eigenvalue weighted by Gasteiger charge is -2.33. The van der Waals surface area contributed by atoms with Crippen molar-refractivity contribution in [2.24, 2.45) is 5.92 Å². The summed E-state index contributed by atoms with van der Waals surface area (Å²) in [5.74, 6) is 0.698. The molecule has 0 saturated heterocycles. The third-order valence-corrected chi connectivity index (χ3v) is 3.90. The van der Waals surface area contributed by atoms with Crippen LogP contribution in [0.4, 0.5) is 0 Å². The monoisotopic (exact) mass is 247 g/mol. The maximum atomic E-state index is 5.70. The van der Waals surface area contributed by atoms with Gasteiger partial charge >= 0.3 is 0 Å². The molecule has 0 radical (unpaired) electrons. The normalized spacial score (nSPS) is 23.1. The Hall–Kier alpha value is -0.860. The highest BCUT2D eigenvalue weighted by Crippen LogP contribution is 2.35. The van der Waals surface area contributed by atoms with Gasteiger partial charge < -0.3 is 10.1 Å². The fourth-order valence-corrected chi connectivity index (χ4v) is 2.98. The van der Waals surface area contributed by atoms with Gasteiger partial charge in [-0.15, -0.1) is 0 Å². The van der Waals surface area contributed by atoms with Crippen LogP contribution in [0, 0.1) is 5.92 Å². The molecule has 0 saturated carbocycles. The second kappa shape index (κ2) is 6.35. The van der Waals surface area contributed by atoms with E-state index in [0.717, 1.165) is 13.0 Å². The first kappa shape index (κ1) is 13.6. The minimum atomic E-state index is 0.342. The Morgan fingerprint density at radius 1 is 1.33 bits per heavy atom. The minimum Gasteiger partial charge on any atom is -0.379 e. The zero-order valence-electron chi connectivity index (χ0n) is 11.8. The van der Waals surface area contributed by atoms with Crippen LogP contribution in [0.3, 0.4) is 0 Å². The molecule has 2 atom stereocenters. The zero-order valence-corrected chi connectivity index (χ0v) is 11.8. The number of ether oxygens (including phenoxy) is 1. The second-order valence-electron chi connectivity index (χ2n) is 5.47. The Bertz CT molecular complexity index is 375. The summed E-state index contributed by atoms with van der Waals surface area (Å²) < 4.78 is 5.70. The third kappa shape index (κ3) is 3.12. The first-order valence-corrected chi connectivity index (χ1v) is 7.09. The second-order valence-corrected chi connectivity index (χ2v) is 5.47. The topological polar surface area (TPSA) is 21.3 Å². The summed E-state index contributed by atoms with van der Waals surface area (Å²) >= 11 is 0. The molecule has 0 fully saturated rings. The number of benzene rings is 1. The van der Waals surface area contributed by atoms with Gasteiger partial charge in [0.25, 0.3) is 0 Å². The van der Waals surface area contributed by atoms with E-state index in [1.165, 1.54) is 24.0 Å². The summed E-state index contributed by atoms with van der Waals surface area (Å²) in [6.07, 6.45) is 3.97. The van der Waals surface area contributed by atoms with Crippen LogP contribution < -0.4 is 5.32 Å². The minimum absolute atomic E-state index is 0.342. The first-order chi connectivity index (χ1) is 8.72. The molecule has 18 heavy (non-hydrogen) atoms. The molecule has 1 N–H and O–H groups in total. The highest BCUT2D eigenvalue weighted by molar-refractivity contribution is 5.32. The van der Waals surface area contributed by atoms with E-state index in [2.05, 4.69) is 50.5 Å². The summed E-state index contributed by atoms with van der Waals surface area (Å²) in [7, 11) is 2.07. The van der Waals surface area contributed by atoms with E-state index in [-0.39, 0.29) is 0 Å². The fourth-order valence-electron chi connectivity index (χ4n) is 2.98. The van der Waals surface area contributed by atoms with Crippen molar-refractivity contribution in [2.75, 3.05) is 13.7 Å². The molecule has 0 bridgehead atoms. The Kier molecular flexibility index (Phi) is 4.79. The van der Waals surface area contributed by atoms with Crippen molar-refractivity contribution in [1.29, 1.82) is 0 Å². The molecule has 0 aliphatic heterocycles. The molecule has 0 aromatic heterocycles. The number of hydrogen-bond acceptors (Lipinski definition) is 2. The molecule has 1 aliphatic rings. The van der Waals surface area contributed by atoms with E-state index in [1.807, 2.05) is 0 Å². The van der Waals surface area contributed by atoms with Crippen LogP contribution in [0.15, 0.2) is 24.3 Å². The zero-order chi connectivity index (χ0) is 13.0. The highest BCUT2D eigenvalue weighted by Gasteiger charge is 2.27. The largest absolute Gasteiger partial charge is 0.379 e. The molecule has 0 heterocycles. The Morgan fingerprint density at radius 3 is 2.83 bits per heavy atom. The van der Waals surface area contributed by atoms with Gasteiger partial charge in [-0.25, -0.2) is 0 Å². The van der Waals surface area contributed by atoms with Crippen LogP contribution in [-0.2, 0) is 11.2 Å². The van der Waals surface area contributed by atoms with E-state index < -0.39 is 0 Å². The van der Waals surface area contributed by atoms with Crippen molar-refractivity contribution in [3.05, 3.63) is 35.4 Å². The standard InChI is InChI=1S/C16H25NO/c1-12(2)18-11-10-14-9-8-13-6-4-5-7-15(13)16(14)17-3/h4-7,12,14,16-17H,8-11H2,1-3H3. The highest BCUT2D eigenvalue weighted by atomic mass is 16.5. The van der Waals surface area contributed by atoms with Gasteiger partial charge in [-0.05, 0) is 57.2 Å². The first-order valence-electron chi connectivity index (χ1n) is 7.09. The molecule has 100 valence electrons. The quantitative estimate of drug-likeness (QED) is 0.862. The van der Waals surface area contributed by atoms with Crippen LogP contribution >= 0.6 is 0 Å². The van der Waals surface area contributed by atoms with Gasteiger partial charge in [0.1, 0.15) is 0 Å². The summed E-state index contributed by atoms with van der Waals surface area (Å²) in [5.41, 5.74) is 3.00. The maximum Gasteiger partial charge on any atom is 0.0518 e. The molecule has 2 nitrogen and oxygen atoms in total. The van der Waals surface area contributed by atoms with Gasteiger partial charge in [-0.2, -0.15) is 0 Å². The van der Waals surface area contributed by atoms with Gasteiger partial charge in [0, 0.05) is 12.6 Å². The third-order valence-electron chi connectivity index (χ3n) is 3.90. The van der Waals surface area contributed by atoms with Crippen molar-refractivity contribution >= 4 is 0 Å². The molecule has 2 unspecified atom stereocenters. The Labute approximate surface area is 111 Å². The van der Waals surface area contributed by atoms with Gasteiger partial charge in [0.05, 0.1) is 6.10 Å². The van der Waals surface area contributed by atoms with Crippen molar-refractivity contribution in [2.45, 2.75) is 45.3 Å². The lowest BCUT2D eigenvalue weighted by Crippen LogP contribution is -2.31. The lowest BCUT2D eigenvalue weighted by molar-refractivity contribution is 0.0629. The molecule has 0 spiro atoms. The smallest absolute Gasteiger partial charge is 0.0518 e. The summed E-state index contributed by atoms with van der Waals surface area (Å²) in [4.78, 5) is 0. The molecule has 1 aromatic carbocycles. The lowest BCUT2D eigenvalue weighted by atomic mass is 9.78. The molecule has 0 amide bonds. The van der Waals surface area contributed by atoms with Crippen molar-refractivity contribution in [3.8, 4) is 0 Å². The van der Waals surface area contributed by atoms with Crippen LogP contribution in [0.25, 0.3) is 0 Å². The summed E-state index contributed by atoms with van der Waals surface area (Å²) in [6.45, 7) is 5.08. The van der Waals surface area contributed by atoms with E-state index >= 15 is 0 Å². The van der Waals surface area contributed by atoms with E-state index in [9.17, 15) is 0 Å². The fraction of sp³-hybridized carbons (Fsp3) is 0.625. The number of fused-ring (bicyclic) bond motifs is 1. The predicted octanol–water partition coefficient (Wildman–Crippen LogP) is 3.32. The number of nitrogens with one attached hydrogen (secondary N) is 1. The van der Waals surface area contributed by atoms with E-state index in [0.29, 0.717) is 18.1 Å². The van der Waals surface area contributed by atoms with Gasteiger partial charge in [-0.3, -0.25) is 0 Å². The van der Waals surface area contributed by atoms with Crippen LogP contribution in [-0.4, -0.2) is 19.8 Å². The van der Waals surface area contributed by atoms with Crippen molar-refractivity contribution < 1.29 is 4.74 Å². The van der Waals surface area contributed by atoms with Crippen molar-refractivity contribution in [3.63, 3.8) is 0 Å². The van der Waals surface area contributed by atoms with Gasteiger partial charge in [-0.1, -0.05) is 24.3 Å². The van der Waals surface area contributed by atoms with Crippen LogP contribution in [0.1, 0.15) is 43.9 Å². The Morgan fingerprint density at radius 2 is 2.11 bits per heavy atom.